The molecule has 0 saturated heterocycles. The van der Waals surface area contributed by atoms with E-state index >= 15 is 0 Å². The van der Waals surface area contributed by atoms with Crippen LogP contribution in [0.5, 0.6) is 5.75 Å². The summed E-state index contributed by atoms with van der Waals surface area (Å²) in [6.07, 6.45) is 0.146. The van der Waals surface area contributed by atoms with Crippen LogP contribution in [-0.2, 0) is 6.54 Å². The molecule has 128 valence electrons. The van der Waals surface area contributed by atoms with E-state index in [2.05, 4.69) is 10.4 Å². The number of alkyl halides is 2. The molecule has 2 rings (SSSR count). The second-order valence-corrected chi connectivity index (χ2v) is 4.71. The highest BCUT2D eigenvalue weighted by Gasteiger charge is 2.15. The van der Waals surface area contributed by atoms with Crippen molar-refractivity contribution in [1.29, 1.82) is 0 Å². The number of anilines is 1. The van der Waals surface area contributed by atoms with Crippen molar-refractivity contribution in [2.45, 2.75) is 19.9 Å². The molecule has 0 unspecified atom stereocenters. The van der Waals surface area contributed by atoms with Gasteiger partial charge in [-0.2, -0.15) is 5.10 Å². The van der Waals surface area contributed by atoms with Crippen LogP contribution < -0.4 is 10.1 Å². The smallest absolute Gasteiger partial charge is 0.275 e. The third kappa shape index (κ3) is 4.48. The predicted molar refractivity (Wildman–Crippen MR) is 80.4 cm³/mol. The van der Waals surface area contributed by atoms with E-state index in [1.165, 1.54) is 18.5 Å². The van der Waals surface area contributed by atoms with Crippen LogP contribution in [0.3, 0.4) is 0 Å². The Morgan fingerprint density at radius 1 is 1.46 bits per heavy atom. The van der Waals surface area contributed by atoms with E-state index in [0.29, 0.717) is 6.54 Å². The first-order chi connectivity index (χ1) is 11.4. The van der Waals surface area contributed by atoms with E-state index in [1.807, 2.05) is 6.92 Å². The molecule has 10 heteroatoms. The zero-order chi connectivity index (χ0) is 17.7. The molecule has 1 aromatic carbocycles. The quantitative estimate of drug-likeness (QED) is 0.617. The Labute approximate surface area is 135 Å². The maximum absolute atomic E-state index is 12.2. The number of nitro groups is 1. The highest BCUT2D eigenvalue weighted by molar-refractivity contribution is 6.04. The highest BCUT2D eigenvalue weighted by Crippen LogP contribution is 2.26. The number of nitrogens with one attached hydrogen (secondary N) is 1. The van der Waals surface area contributed by atoms with Crippen LogP contribution >= 0.6 is 0 Å². The van der Waals surface area contributed by atoms with Gasteiger partial charge in [-0.1, -0.05) is 0 Å². The number of ether oxygens (including phenoxy) is 1. The summed E-state index contributed by atoms with van der Waals surface area (Å²) >= 11 is 0. The number of hydrogen-bond acceptors (Lipinski definition) is 5. The first kappa shape index (κ1) is 17.3. The molecule has 2 aromatic rings. The molecule has 0 atom stereocenters. The van der Waals surface area contributed by atoms with Gasteiger partial charge in [0.2, 0.25) is 0 Å². The monoisotopic (exact) mass is 340 g/mol. The topological polar surface area (TPSA) is 99.3 Å². The predicted octanol–water partition coefficient (Wildman–Crippen LogP) is 2.71. The van der Waals surface area contributed by atoms with Crippen molar-refractivity contribution in [2.24, 2.45) is 0 Å². The fourth-order valence-corrected chi connectivity index (χ4v) is 1.86. The van der Waals surface area contributed by atoms with Gasteiger partial charge in [-0.3, -0.25) is 19.6 Å². The molecule has 1 amide bonds. The maximum atomic E-state index is 12.2. The molecule has 1 heterocycles. The molecule has 0 aliphatic heterocycles. The number of nitro benzene ring substituents is 1. The van der Waals surface area contributed by atoms with Crippen molar-refractivity contribution in [3.05, 3.63) is 46.3 Å². The third-order valence-corrected chi connectivity index (χ3v) is 2.96. The minimum Gasteiger partial charge on any atom is -0.487 e. The zero-order valence-corrected chi connectivity index (χ0v) is 12.6. The van der Waals surface area contributed by atoms with Crippen LogP contribution in [0.15, 0.2) is 30.6 Å². The molecule has 0 aliphatic rings. The molecule has 8 nitrogen and oxygen atoms in total. The summed E-state index contributed by atoms with van der Waals surface area (Å²) in [5.41, 5.74) is -0.0672. The van der Waals surface area contributed by atoms with Gasteiger partial charge >= 0.3 is 0 Å². The van der Waals surface area contributed by atoms with Crippen LogP contribution in [-0.4, -0.2) is 33.6 Å². The van der Waals surface area contributed by atoms with E-state index in [1.54, 1.807) is 4.68 Å². The van der Waals surface area contributed by atoms with Crippen molar-refractivity contribution in [1.82, 2.24) is 9.78 Å². The van der Waals surface area contributed by atoms with E-state index < -0.39 is 23.9 Å². The van der Waals surface area contributed by atoms with Crippen LogP contribution in [0.4, 0.5) is 20.2 Å². The maximum Gasteiger partial charge on any atom is 0.275 e. The zero-order valence-electron chi connectivity index (χ0n) is 12.6. The summed E-state index contributed by atoms with van der Waals surface area (Å²) in [6, 6.07) is 3.35. The minimum absolute atomic E-state index is 0.0581. The van der Waals surface area contributed by atoms with Crippen molar-refractivity contribution >= 4 is 17.3 Å². The summed E-state index contributed by atoms with van der Waals surface area (Å²) in [5.74, 6) is -0.668. The van der Waals surface area contributed by atoms with Gasteiger partial charge in [0.1, 0.15) is 12.4 Å². The van der Waals surface area contributed by atoms with Crippen molar-refractivity contribution < 1.29 is 23.2 Å². The van der Waals surface area contributed by atoms with E-state index in [0.717, 1.165) is 12.1 Å². The summed E-state index contributed by atoms with van der Waals surface area (Å²) in [6.45, 7) is 1.52. The van der Waals surface area contributed by atoms with Crippen molar-refractivity contribution in [2.75, 3.05) is 11.9 Å². The van der Waals surface area contributed by atoms with Crippen LogP contribution in [0.25, 0.3) is 0 Å². The lowest BCUT2D eigenvalue weighted by Gasteiger charge is -2.09. The minimum atomic E-state index is -2.72. The number of non-ortho nitro benzene ring substituents is 1. The highest BCUT2D eigenvalue weighted by atomic mass is 19.3. The van der Waals surface area contributed by atoms with Gasteiger partial charge in [-0.05, 0) is 6.92 Å². The average molecular weight is 340 g/mol. The second-order valence-electron chi connectivity index (χ2n) is 4.71. The molecule has 0 aliphatic carbocycles. The van der Waals surface area contributed by atoms with E-state index in [4.69, 9.17) is 4.74 Å². The summed E-state index contributed by atoms with van der Waals surface area (Å²) in [7, 11) is 0. The molecular weight excluding hydrogens is 326 g/mol. The Morgan fingerprint density at radius 3 is 2.79 bits per heavy atom. The average Bonchev–Trinajstić information content (AvgIpc) is 3.02. The number of carbonyl (C=O) groups excluding carboxylic acids is 1. The lowest BCUT2D eigenvalue weighted by molar-refractivity contribution is -0.384. The number of aryl methyl sites for hydroxylation is 1. The molecule has 1 N–H and O–H groups in total. The number of hydrogen-bond donors (Lipinski definition) is 1. The number of carbonyl (C=O) groups is 1. The van der Waals surface area contributed by atoms with Gasteiger partial charge in [0.15, 0.2) is 0 Å². The van der Waals surface area contributed by atoms with Gasteiger partial charge in [0.05, 0.1) is 28.4 Å². The van der Waals surface area contributed by atoms with Crippen LogP contribution in [0.2, 0.25) is 0 Å². The molecule has 0 radical (unpaired) electrons. The number of aromatic nitrogens is 2. The summed E-state index contributed by atoms with van der Waals surface area (Å²) < 4.78 is 30.7. The number of benzene rings is 1. The van der Waals surface area contributed by atoms with Gasteiger partial charge in [0, 0.05) is 24.9 Å². The van der Waals surface area contributed by atoms with Gasteiger partial charge in [0.25, 0.3) is 18.0 Å². The Kier molecular flexibility index (Phi) is 5.40. The molecule has 0 saturated carbocycles. The van der Waals surface area contributed by atoms with Crippen molar-refractivity contribution in [3.63, 3.8) is 0 Å². The first-order valence-electron chi connectivity index (χ1n) is 6.93. The molecular formula is C14H14F2N4O4. The van der Waals surface area contributed by atoms with Gasteiger partial charge in [-0.15, -0.1) is 0 Å². The van der Waals surface area contributed by atoms with Gasteiger partial charge in [-0.25, -0.2) is 8.78 Å². The molecule has 1 aromatic heterocycles. The largest absolute Gasteiger partial charge is 0.487 e. The molecule has 0 spiro atoms. The number of rotatable bonds is 7. The normalized spacial score (nSPS) is 10.7. The fraction of sp³-hybridized carbons (Fsp3) is 0.286. The first-order valence-corrected chi connectivity index (χ1v) is 6.93. The molecule has 24 heavy (non-hydrogen) atoms. The number of nitrogens with zero attached hydrogens (tertiary/aromatic N) is 3. The SMILES string of the molecule is CCn1cc(C(=O)Nc2cc(OCC(F)F)cc([N+](=O)[O-])c2)cn1. The van der Waals surface area contributed by atoms with E-state index in [9.17, 15) is 23.7 Å². The Hall–Kier alpha value is -3.04. The lowest BCUT2D eigenvalue weighted by atomic mass is 10.2. The molecule has 0 fully saturated rings. The number of amides is 1. The van der Waals surface area contributed by atoms with E-state index in [-0.39, 0.29) is 22.7 Å². The Balaban J connectivity index is 2.21. The molecule has 0 bridgehead atoms. The second kappa shape index (κ2) is 7.49. The Bertz CT molecular complexity index is 748. The van der Waals surface area contributed by atoms with Crippen molar-refractivity contribution in [3.8, 4) is 5.75 Å². The Morgan fingerprint density at radius 2 is 2.21 bits per heavy atom. The van der Waals surface area contributed by atoms with Gasteiger partial charge < -0.3 is 10.1 Å². The lowest BCUT2D eigenvalue weighted by Crippen LogP contribution is -2.12. The third-order valence-electron chi connectivity index (χ3n) is 2.96. The summed E-state index contributed by atoms with van der Waals surface area (Å²) in [4.78, 5) is 22.3. The standard InChI is InChI=1S/C14H14F2N4O4/c1-2-19-7-9(6-17-19)14(21)18-10-3-11(20(22)23)5-12(4-10)24-8-13(15)16/h3-7,13H,2,8H2,1H3,(H,18,21). The van der Waals surface area contributed by atoms with Crippen LogP contribution in [0, 0.1) is 10.1 Å². The summed E-state index contributed by atoms with van der Waals surface area (Å²) in [5, 5.41) is 17.3. The fourth-order valence-electron chi connectivity index (χ4n) is 1.86. The number of halogens is 2. The van der Waals surface area contributed by atoms with Crippen LogP contribution in [0.1, 0.15) is 17.3 Å².